The van der Waals surface area contributed by atoms with E-state index in [1.165, 1.54) is 12.1 Å². The number of halogens is 2. The van der Waals surface area contributed by atoms with E-state index in [0.717, 1.165) is 0 Å². The Kier molecular flexibility index (Phi) is 4.73. The van der Waals surface area contributed by atoms with Crippen molar-refractivity contribution in [3.05, 3.63) is 64.9 Å². The molecule has 1 aliphatic rings. The molecule has 0 spiro atoms. The molecule has 0 bridgehead atoms. The van der Waals surface area contributed by atoms with Crippen LogP contribution in [0, 0.1) is 5.82 Å². The highest BCUT2D eigenvalue weighted by atomic mass is 35.5. The largest absolute Gasteiger partial charge is 0.385 e. The summed E-state index contributed by atoms with van der Waals surface area (Å²) in [6.45, 7) is 0.834. The molecule has 1 heterocycles. The van der Waals surface area contributed by atoms with Gasteiger partial charge in [0.05, 0.1) is 5.60 Å². The number of likely N-dealkylation sites (tertiary alicyclic amines) is 1. The van der Waals surface area contributed by atoms with Crippen LogP contribution in [0.1, 0.15) is 18.4 Å². The summed E-state index contributed by atoms with van der Waals surface area (Å²) in [5.41, 5.74) is 0.284. The Labute approximate surface area is 144 Å². The zero-order valence-electron chi connectivity index (χ0n) is 13.0. The average molecular weight is 349 g/mol. The van der Waals surface area contributed by atoms with Crippen molar-refractivity contribution in [3.63, 3.8) is 0 Å². The monoisotopic (exact) mass is 348 g/mol. The molecule has 24 heavy (non-hydrogen) atoms. The van der Waals surface area contributed by atoms with Gasteiger partial charge in [0.15, 0.2) is 0 Å². The lowest BCUT2D eigenvalue weighted by Crippen LogP contribution is -2.46. The standard InChI is InChI=1S/C18H18ClFN2O2/c19-14-2-1-3-16(12-14)21-17(23)22-10-8-18(24,9-11-22)13-4-6-15(20)7-5-13/h1-7,12,24H,8-11H2,(H,21,23). The summed E-state index contributed by atoms with van der Waals surface area (Å²) < 4.78 is 13.0. The van der Waals surface area contributed by atoms with Crippen LogP contribution < -0.4 is 5.32 Å². The Hall–Kier alpha value is -2.11. The first-order valence-corrected chi connectivity index (χ1v) is 8.14. The third-order valence-electron chi connectivity index (χ3n) is 4.34. The van der Waals surface area contributed by atoms with Crippen LogP contribution in [0.25, 0.3) is 0 Å². The summed E-state index contributed by atoms with van der Waals surface area (Å²) in [6.07, 6.45) is 0.809. The van der Waals surface area contributed by atoms with Gasteiger partial charge in [-0.3, -0.25) is 0 Å². The van der Waals surface area contributed by atoms with Crippen LogP contribution in [0.2, 0.25) is 5.02 Å². The number of rotatable bonds is 2. The minimum absolute atomic E-state index is 0.224. The van der Waals surface area contributed by atoms with E-state index in [1.54, 1.807) is 41.3 Å². The lowest BCUT2D eigenvalue weighted by Gasteiger charge is -2.38. The zero-order valence-corrected chi connectivity index (χ0v) is 13.8. The Bertz CT molecular complexity index is 728. The van der Waals surface area contributed by atoms with Crippen molar-refractivity contribution in [3.8, 4) is 0 Å². The molecule has 0 aliphatic carbocycles. The number of piperidine rings is 1. The molecule has 2 aromatic rings. The Morgan fingerprint density at radius 2 is 1.83 bits per heavy atom. The van der Waals surface area contributed by atoms with E-state index < -0.39 is 5.60 Å². The third-order valence-corrected chi connectivity index (χ3v) is 4.57. The number of nitrogens with zero attached hydrogens (tertiary/aromatic N) is 1. The number of benzene rings is 2. The van der Waals surface area contributed by atoms with Gasteiger partial charge in [0, 0.05) is 23.8 Å². The van der Waals surface area contributed by atoms with Crippen molar-refractivity contribution in [1.29, 1.82) is 0 Å². The second kappa shape index (κ2) is 6.79. The van der Waals surface area contributed by atoms with E-state index in [4.69, 9.17) is 11.6 Å². The van der Waals surface area contributed by atoms with Crippen molar-refractivity contribution < 1.29 is 14.3 Å². The average Bonchev–Trinajstić information content (AvgIpc) is 2.56. The van der Waals surface area contributed by atoms with E-state index >= 15 is 0 Å². The Balaban J connectivity index is 1.62. The van der Waals surface area contributed by atoms with E-state index in [-0.39, 0.29) is 11.8 Å². The quantitative estimate of drug-likeness (QED) is 0.862. The van der Waals surface area contributed by atoms with E-state index in [9.17, 15) is 14.3 Å². The number of urea groups is 1. The van der Waals surface area contributed by atoms with Crippen LogP contribution in [0.4, 0.5) is 14.9 Å². The summed E-state index contributed by atoms with van der Waals surface area (Å²) in [5.74, 6) is -0.333. The molecule has 1 saturated heterocycles. The SMILES string of the molecule is O=C(Nc1cccc(Cl)c1)N1CCC(O)(c2ccc(F)cc2)CC1. The Morgan fingerprint density at radius 3 is 2.46 bits per heavy atom. The number of hydrogen-bond acceptors (Lipinski definition) is 2. The third kappa shape index (κ3) is 3.68. The number of anilines is 1. The van der Waals surface area contributed by atoms with Crippen molar-refractivity contribution in [2.75, 3.05) is 18.4 Å². The highest BCUT2D eigenvalue weighted by Crippen LogP contribution is 2.33. The van der Waals surface area contributed by atoms with Gasteiger partial charge in [-0.1, -0.05) is 29.8 Å². The van der Waals surface area contributed by atoms with E-state index in [2.05, 4.69) is 5.32 Å². The fourth-order valence-electron chi connectivity index (χ4n) is 2.90. The van der Waals surface area contributed by atoms with Crippen LogP contribution in [0.5, 0.6) is 0 Å². The first-order valence-electron chi connectivity index (χ1n) is 7.76. The van der Waals surface area contributed by atoms with E-state index in [1.807, 2.05) is 0 Å². The van der Waals surface area contributed by atoms with Gasteiger partial charge in [0.2, 0.25) is 0 Å². The molecule has 4 nitrogen and oxygen atoms in total. The molecule has 0 radical (unpaired) electrons. The molecule has 2 aromatic carbocycles. The molecule has 126 valence electrons. The molecule has 0 unspecified atom stereocenters. The maximum absolute atomic E-state index is 13.0. The van der Waals surface area contributed by atoms with Gasteiger partial charge >= 0.3 is 6.03 Å². The summed E-state index contributed by atoms with van der Waals surface area (Å²) in [5, 5.41) is 14.1. The van der Waals surface area contributed by atoms with Gasteiger partial charge in [0.25, 0.3) is 0 Å². The second-order valence-electron chi connectivity index (χ2n) is 5.97. The fourth-order valence-corrected chi connectivity index (χ4v) is 3.09. The molecule has 0 atom stereocenters. The zero-order chi connectivity index (χ0) is 17.2. The minimum atomic E-state index is -1.03. The first-order chi connectivity index (χ1) is 11.5. The number of carbonyl (C=O) groups is 1. The number of carbonyl (C=O) groups excluding carboxylic acids is 1. The number of amides is 2. The van der Waals surface area contributed by atoms with Crippen molar-refractivity contribution >= 4 is 23.3 Å². The molecular weight excluding hydrogens is 331 g/mol. The van der Waals surface area contributed by atoms with Crippen molar-refractivity contribution in [1.82, 2.24) is 4.90 Å². The Morgan fingerprint density at radius 1 is 1.17 bits per heavy atom. The van der Waals surface area contributed by atoms with Gasteiger partial charge in [-0.05, 0) is 48.7 Å². The molecule has 0 aromatic heterocycles. The van der Waals surface area contributed by atoms with Gasteiger partial charge in [-0.15, -0.1) is 0 Å². The number of aliphatic hydroxyl groups is 1. The molecule has 2 N–H and O–H groups in total. The highest BCUT2D eigenvalue weighted by molar-refractivity contribution is 6.30. The molecule has 1 fully saturated rings. The predicted octanol–water partition coefficient (Wildman–Crippen LogP) is 3.99. The maximum Gasteiger partial charge on any atom is 0.321 e. The second-order valence-corrected chi connectivity index (χ2v) is 6.40. The summed E-state index contributed by atoms with van der Waals surface area (Å²) in [4.78, 5) is 14.0. The molecule has 2 amide bonds. The van der Waals surface area contributed by atoms with Gasteiger partial charge in [0.1, 0.15) is 5.82 Å². The van der Waals surface area contributed by atoms with Crippen LogP contribution in [-0.2, 0) is 5.60 Å². The normalized spacial score (nSPS) is 16.7. The first kappa shape index (κ1) is 16.7. The maximum atomic E-state index is 13.0. The van der Waals surface area contributed by atoms with Gasteiger partial charge in [-0.25, -0.2) is 9.18 Å². The number of hydrogen-bond donors (Lipinski definition) is 2. The summed E-state index contributed by atoms with van der Waals surface area (Å²) in [6, 6.07) is 12.6. The van der Waals surface area contributed by atoms with Gasteiger partial charge in [-0.2, -0.15) is 0 Å². The highest BCUT2D eigenvalue weighted by Gasteiger charge is 2.35. The van der Waals surface area contributed by atoms with Crippen LogP contribution in [0.3, 0.4) is 0 Å². The molecule has 6 heteroatoms. The smallest absolute Gasteiger partial charge is 0.321 e. The lowest BCUT2D eigenvalue weighted by molar-refractivity contribution is -0.0157. The minimum Gasteiger partial charge on any atom is -0.385 e. The molecular formula is C18H18ClFN2O2. The predicted molar refractivity (Wildman–Crippen MR) is 91.6 cm³/mol. The van der Waals surface area contributed by atoms with E-state index in [0.29, 0.717) is 42.2 Å². The van der Waals surface area contributed by atoms with Crippen molar-refractivity contribution in [2.24, 2.45) is 0 Å². The van der Waals surface area contributed by atoms with Gasteiger partial charge < -0.3 is 15.3 Å². The van der Waals surface area contributed by atoms with Crippen molar-refractivity contribution in [2.45, 2.75) is 18.4 Å². The molecule has 1 aliphatic heterocycles. The molecule has 0 saturated carbocycles. The summed E-state index contributed by atoms with van der Waals surface area (Å²) in [7, 11) is 0. The lowest BCUT2D eigenvalue weighted by atomic mass is 9.84. The van der Waals surface area contributed by atoms with Crippen LogP contribution in [0.15, 0.2) is 48.5 Å². The number of nitrogens with one attached hydrogen (secondary N) is 1. The topological polar surface area (TPSA) is 52.6 Å². The van der Waals surface area contributed by atoms with Crippen LogP contribution in [-0.4, -0.2) is 29.1 Å². The summed E-state index contributed by atoms with van der Waals surface area (Å²) >= 11 is 5.91. The molecule has 3 rings (SSSR count). The van der Waals surface area contributed by atoms with Crippen LogP contribution >= 0.6 is 11.6 Å². The fraction of sp³-hybridized carbons (Fsp3) is 0.278.